The summed E-state index contributed by atoms with van der Waals surface area (Å²) >= 11 is 0. The third-order valence-electron chi connectivity index (χ3n) is 12.0. The van der Waals surface area contributed by atoms with E-state index in [2.05, 4.69) is 93.7 Å². The van der Waals surface area contributed by atoms with E-state index in [0.717, 1.165) is 141 Å². The maximum Gasteiger partial charge on any atom is 0.508 e. The first kappa shape index (κ1) is 67.1. The number of carbonyl (C=O) groups is 4. The molecule has 0 aromatic carbocycles. The van der Waals surface area contributed by atoms with Crippen molar-refractivity contribution < 1.29 is 42.9 Å². The van der Waals surface area contributed by atoms with E-state index >= 15 is 0 Å². The average molecular weight is 997 g/mol. The van der Waals surface area contributed by atoms with Crippen molar-refractivity contribution in [2.45, 2.75) is 251 Å². The van der Waals surface area contributed by atoms with Gasteiger partial charge in [0.25, 0.3) is 0 Å². The Bertz CT molecular complexity index is 1360. The largest absolute Gasteiger partial charge is 0.508 e. The van der Waals surface area contributed by atoms with Crippen molar-refractivity contribution in [1.82, 2.24) is 4.90 Å². The number of nitrogens with zero attached hydrogens (tertiary/aromatic N) is 1. The van der Waals surface area contributed by atoms with Crippen molar-refractivity contribution in [2.24, 2.45) is 0 Å². The van der Waals surface area contributed by atoms with Crippen molar-refractivity contribution in [3.05, 3.63) is 72.9 Å². The van der Waals surface area contributed by atoms with Gasteiger partial charge in [-0.3, -0.25) is 14.4 Å². The molecular formula is C61H105NO9. The number of unbranched alkanes of at least 4 members (excludes halogenated alkanes) is 19. The van der Waals surface area contributed by atoms with E-state index in [-0.39, 0.29) is 57.4 Å². The molecule has 0 spiro atoms. The number of esters is 3. The van der Waals surface area contributed by atoms with Crippen LogP contribution in [0.15, 0.2) is 72.9 Å². The summed E-state index contributed by atoms with van der Waals surface area (Å²) in [7, 11) is 3.93. The molecule has 10 nitrogen and oxygen atoms in total. The number of hydrogen-bond acceptors (Lipinski definition) is 10. The lowest BCUT2D eigenvalue weighted by Gasteiger charge is -2.20. The van der Waals surface area contributed by atoms with Gasteiger partial charge in [-0.05, 0) is 117 Å². The van der Waals surface area contributed by atoms with E-state index in [1.165, 1.54) is 44.9 Å². The minimum absolute atomic E-state index is 0.0116. The maximum atomic E-state index is 13.3. The molecule has 0 aromatic rings. The molecule has 1 atom stereocenters. The number of ether oxygens (including phenoxy) is 5. The Balaban J connectivity index is 5.09. The van der Waals surface area contributed by atoms with Crippen LogP contribution in [0.3, 0.4) is 0 Å². The standard InChI is InChI=1S/C61H105NO9/c1-6-9-12-15-18-21-24-26-28-30-32-35-38-41-44-48-58(63)68-54-57(55-69-59(64)49-45-42-39-36-33-31-29-27-25-22-19-16-13-10-7-2)70-60(65)51-50-56(71-61(66)67-53-46-52-62(4)5)47-43-40-37-34-23-20-17-14-11-8-3/h9-10,12-13,18-19,21-22,26-29,56-57H,6-8,11,14-17,20,23-25,30-55H2,1-5H3/b12-9-,13-10-,21-18-,22-19-,28-26-,29-27-. The van der Waals surface area contributed by atoms with Crippen LogP contribution in [0.1, 0.15) is 239 Å². The van der Waals surface area contributed by atoms with E-state index in [9.17, 15) is 19.2 Å². The Hall–Kier alpha value is -3.92. The molecule has 0 N–H and O–H groups in total. The molecule has 408 valence electrons. The molecule has 0 aromatic heterocycles. The SMILES string of the molecule is CC/C=C\C/C=C\C/C=C\CCCCCCCC(=O)OCC(COC(=O)CCCCCCC/C=C\C/C=C\C/C=C\CC)OC(=O)CCC(CCCCCCCCCCCC)OC(=O)OCCCN(C)C. The van der Waals surface area contributed by atoms with Crippen molar-refractivity contribution in [1.29, 1.82) is 0 Å². The number of allylic oxidation sites excluding steroid dienone is 12. The Morgan fingerprint density at radius 3 is 1.28 bits per heavy atom. The zero-order chi connectivity index (χ0) is 51.9. The molecule has 0 fully saturated rings. The molecule has 0 rings (SSSR count). The lowest BCUT2D eigenvalue weighted by molar-refractivity contribution is -0.167. The van der Waals surface area contributed by atoms with Gasteiger partial charge in [0.1, 0.15) is 19.3 Å². The third kappa shape index (κ3) is 52.2. The molecule has 0 saturated heterocycles. The van der Waals surface area contributed by atoms with E-state index in [1.54, 1.807) is 0 Å². The molecule has 71 heavy (non-hydrogen) atoms. The third-order valence-corrected chi connectivity index (χ3v) is 12.0. The van der Waals surface area contributed by atoms with Crippen LogP contribution in [0.25, 0.3) is 0 Å². The molecule has 0 aliphatic carbocycles. The van der Waals surface area contributed by atoms with E-state index in [4.69, 9.17) is 23.7 Å². The highest BCUT2D eigenvalue weighted by atomic mass is 16.7. The molecule has 0 radical (unpaired) electrons. The smallest absolute Gasteiger partial charge is 0.462 e. The van der Waals surface area contributed by atoms with Gasteiger partial charge < -0.3 is 28.6 Å². The normalized spacial score (nSPS) is 12.5. The fourth-order valence-corrected chi connectivity index (χ4v) is 7.76. The summed E-state index contributed by atoms with van der Waals surface area (Å²) in [6.45, 7) is 7.16. The van der Waals surface area contributed by atoms with Crippen molar-refractivity contribution in [3.63, 3.8) is 0 Å². The van der Waals surface area contributed by atoms with Crippen molar-refractivity contribution in [2.75, 3.05) is 40.5 Å². The quantitative estimate of drug-likeness (QED) is 0.0252. The monoisotopic (exact) mass is 996 g/mol. The Morgan fingerprint density at radius 1 is 0.394 bits per heavy atom. The summed E-state index contributed by atoms with van der Waals surface area (Å²) < 4.78 is 28.0. The van der Waals surface area contributed by atoms with Crippen LogP contribution < -0.4 is 0 Å². The van der Waals surface area contributed by atoms with Crippen LogP contribution in [-0.4, -0.2) is 81.6 Å². The lowest BCUT2D eigenvalue weighted by atomic mass is 10.0. The molecule has 0 bridgehead atoms. The second-order valence-electron chi connectivity index (χ2n) is 19.2. The molecule has 0 aliphatic heterocycles. The zero-order valence-corrected chi connectivity index (χ0v) is 46.1. The highest BCUT2D eigenvalue weighted by Gasteiger charge is 2.22. The summed E-state index contributed by atoms with van der Waals surface area (Å²) in [4.78, 5) is 53.6. The summed E-state index contributed by atoms with van der Waals surface area (Å²) in [5.74, 6) is -1.26. The van der Waals surface area contributed by atoms with Gasteiger partial charge in [0.2, 0.25) is 0 Å². The Morgan fingerprint density at radius 2 is 0.817 bits per heavy atom. The van der Waals surface area contributed by atoms with Crippen LogP contribution >= 0.6 is 0 Å². The Labute approximate surface area is 434 Å². The van der Waals surface area contributed by atoms with Crippen molar-refractivity contribution in [3.8, 4) is 0 Å². The summed E-state index contributed by atoms with van der Waals surface area (Å²) in [6.07, 6.45) is 56.4. The number of rotatable bonds is 50. The van der Waals surface area contributed by atoms with Gasteiger partial charge in [0, 0.05) is 25.8 Å². The summed E-state index contributed by atoms with van der Waals surface area (Å²) in [6, 6.07) is 0. The highest BCUT2D eigenvalue weighted by Crippen LogP contribution is 2.18. The van der Waals surface area contributed by atoms with Gasteiger partial charge >= 0.3 is 24.1 Å². The van der Waals surface area contributed by atoms with E-state index in [1.807, 2.05) is 19.0 Å². The van der Waals surface area contributed by atoms with Gasteiger partial charge in [-0.2, -0.15) is 0 Å². The predicted octanol–water partition coefficient (Wildman–Crippen LogP) is 16.7. The van der Waals surface area contributed by atoms with Gasteiger partial charge in [0.15, 0.2) is 6.10 Å². The van der Waals surface area contributed by atoms with Crippen LogP contribution in [0.4, 0.5) is 4.79 Å². The minimum Gasteiger partial charge on any atom is -0.462 e. The molecule has 0 amide bonds. The lowest BCUT2D eigenvalue weighted by Crippen LogP contribution is -2.31. The topological polar surface area (TPSA) is 118 Å². The molecule has 1 unspecified atom stereocenters. The average Bonchev–Trinajstić information content (AvgIpc) is 3.35. The number of carbonyl (C=O) groups excluding carboxylic acids is 4. The van der Waals surface area contributed by atoms with Gasteiger partial charge in [-0.15, -0.1) is 0 Å². The van der Waals surface area contributed by atoms with Gasteiger partial charge in [0.05, 0.1) is 6.61 Å². The fourth-order valence-electron chi connectivity index (χ4n) is 7.76. The van der Waals surface area contributed by atoms with Gasteiger partial charge in [-0.25, -0.2) is 4.79 Å². The first-order chi connectivity index (χ1) is 34.7. The van der Waals surface area contributed by atoms with Crippen LogP contribution in [-0.2, 0) is 38.1 Å². The van der Waals surface area contributed by atoms with Gasteiger partial charge in [-0.1, -0.05) is 190 Å². The molecule has 0 heterocycles. The van der Waals surface area contributed by atoms with Crippen LogP contribution in [0.2, 0.25) is 0 Å². The molecule has 0 saturated carbocycles. The minimum atomic E-state index is -0.943. The van der Waals surface area contributed by atoms with E-state index < -0.39 is 24.3 Å². The maximum absolute atomic E-state index is 13.3. The second kappa shape index (κ2) is 53.9. The van der Waals surface area contributed by atoms with E-state index in [0.29, 0.717) is 12.8 Å². The van der Waals surface area contributed by atoms with Crippen molar-refractivity contribution >= 4 is 24.1 Å². The molecule has 0 aliphatic rings. The fraction of sp³-hybridized carbons (Fsp3) is 0.738. The second-order valence-corrected chi connectivity index (χ2v) is 19.2. The highest BCUT2D eigenvalue weighted by molar-refractivity contribution is 5.71. The molecule has 10 heteroatoms. The predicted molar refractivity (Wildman–Crippen MR) is 295 cm³/mol. The van der Waals surface area contributed by atoms with Crippen LogP contribution in [0, 0.1) is 0 Å². The van der Waals surface area contributed by atoms with Crippen LogP contribution in [0.5, 0.6) is 0 Å². The first-order valence-corrected chi connectivity index (χ1v) is 28.6. The molecular weight excluding hydrogens is 891 g/mol. The number of hydrogen-bond donors (Lipinski definition) is 0. The summed E-state index contributed by atoms with van der Waals surface area (Å²) in [5.41, 5.74) is 0. The zero-order valence-electron chi connectivity index (χ0n) is 46.1. The first-order valence-electron chi connectivity index (χ1n) is 28.6. The summed E-state index contributed by atoms with van der Waals surface area (Å²) in [5, 5.41) is 0. The Kier molecular flexibility index (Phi) is 50.9.